The molecule has 2 fully saturated rings. The maximum absolute atomic E-state index is 12.5. The highest BCUT2D eigenvalue weighted by molar-refractivity contribution is 6.06. The van der Waals surface area contributed by atoms with Crippen molar-refractivity contribution in [2.24, 2.45) is 23.7 Å². The van der Waals surface area contributed by atoms with E-state index in [-0.39, 0.29) is 23.7 Å². The van der Waals surface area contributed by atoms with Crippen LogP contribution in [0.3, 0.4) is 0 Å². The van der Waals surface area contributed by atoms with E-state index in [0.717, 1.165) is 12.8 Å². The summed E-state index contributed by atoms with van der Waals surface area (Å²) in [5, 5.41) is 0. The predicted octanol–water partition coefficient (Wildman–Crippen LogP) is 2.04. The Morgan fingerprint density at radius 2 is 1.55 bits per heavy atom. The van der Waals surface area contributed by atoms with Crippen LogP contribution in [0.15, 0.2) is 42.5 Å². The number of amides is 2. The lowest BCUT2D eigenvalue weighted by Gasteiger charge is -2.17. The van der Waals surface area contributed by atoms with Crippen molar-refractivity contribution in [2.45, 2.75) is 12.8 Å². The summed E-state index contributed by atoms with van der Waals surface area (Å²) in [7, 11) is 0. The Bertz CT molecular complexity index is 562. The molecule has 0 radical (unpaired) electrons. The van der Waals surface area contributed by atoms with E-state index < -0.39 is 0 Å². The van der Waals surface area contributed by atoms with Gasteiger partial charge in [-0.15, -0.1) is 0 Å². The number of nitrogens with zero attached hydrogens (tertiary/aromatic N) is 1. The minimum absolute atomic E-state index is 0.0618. The Morgan fingerprint density at radius 1 is 0.950 bits per heavy atom. The van der Waals surface area contributed by atoms with Crippen LogP contribution >= 0.6 is 0 Å². The van der Waals surface area contributed by atoms with Crippen LogP contribution < -0.4 is 0 Å². The summed E-state index contributed by atoms with van der Waals surface area (Å²) in [4.78, 5) is 26.5. The third kappa shape index (κ3) is 1.59. The van der Waals surface area contributed by atoms with Gasteiger partial charge in [0, 0.05) is 6.54 Å². The molecule has 3 nitrogen and oxygen atoms in total. The first kappa shape index (κ1) is 11.9. The highest BCUT2D eigenvalue weighted by Gasteiger charge is 2.58. The average molecular weight is 267 g/mol. The van der Waals surface area contributed by atoms with Gasteiger partial charge in [-0.05, 0) is 30.2 Å². The van der Waals surface area contributed by atoms with Gasteiger partial charge in [-0.1, -0.05) is 42.5 Å². The van der Waals surface area contributed by atoms with Crippen LogP contribution in [0.25, 0.3) is 0 Å². The van der Waals surface area contributed by atoms with Crippen molar-refractivity contribution in [3.63, 3.8) is 0 Å². The van der Waals surface area contributed by atoms with Gasteiger partial charge < -0.3 is 0 Å². The molecule has 0 unspecified atom stereocenters. The number of likely N-dealkylation sites (tertiary alicyclic amines) is 1. The Morgan fingerprint density at radius 3 is 2.15 bits per heavy atom. The summed E-state index contributed by atoms with van der Waals surface area (Å²) in [5.41, 5.74) is 1.17. The lowest BCUT2D eigenvalue weighted by Crippen LogP contribution is -2.34. The van der Waals surface area contributed by atoms with E-state index in [9.17, 15) is 9.59 Å². The number of benzene rings is 1. The van der Waals surface area contributed by atoms with Gasteiger partial charge in [0.15, 0.2) is 0 Å². The molecule has 3 aliphatic rings. The van der Waals surface area contributed by atoms with Crippen molar-refractivity contribution < 1.29 is 9.59 Å². The second-order valence-electron chi connectivity index (χ2n) is 6.06. The molecule has 1 saturated heterocycles. The monoisotopic (exact) mass is 267 g/mol. The van der Waals surface area contributed by atoms with Crippen LogP contribution in [-0.2, 0) is 16.0 Å². The summed E-state index contributed by atoms with van der Waals surface area (Å²) in [6.45, 7) is 0.522. The fourth-order valence-electron chi connectivity index (χ4n) is 4.07. The van der Waals surface area contributed by atoms with Gasteiger partial charge in [-0.3, -0.25) is 14.5 Å². The fourth-order valence-corrected chi connectivity index (χ4v) is 4.07. The molecule has 1 aromatic rings. The first-order chi connectivity index (χ1) is 9.75. The van der Waals surface area contributed by atoms with Crippen LogP contribution in [0.2, 0.25) is 0 Å². The zero-order valence-corrected chi connectivity index (χ0v) is 11.2. The molecular formula is C17H17NO2. The van der Waals surface area contributed by atoms with Gasteiger partial charge in [-0.25, -0.2) is 0 Å². The Kier molecular flexibility index (Phi) is 2.56. The molecule has 0 spiro atoms. The quantitative estimate of drug-likeness (QED) is 0.621. The Labute approximate surface area is 118 Å². The number of hydrogen-bond acceptors (Lipinski definition) is 2. The van der Waals surface area contributed by atoms with E-state index in [0.29, 0.717) is 18.4 Å². The van der Waals surface area contributed by atoms with Crippen molar-refractivity contribution in [1.82, 2.24) is 4.90 Å². The van der Waals surface area contributed by atoms with Gasteiger partial charge in [0.05, 0.1) is 11.8 Å². The molecule has 2 bridgehead atoms. The molecule has 20 heavy (non-hydrogen) atoms. The second-order valence-corrected chi connectivity index (χ2v) is 6.06. The molecule has 0 N–H and O–H groups in total. The molecule has 4 atom stereocenters. The lowest BCUT2D eigenvalue weighted by atomic mass is 9.85. The molecule has 1 heterocycles. The zero-order chi connectivity index (χ0) is 13.7. The summed E-state index contributed by atoms with van der Waals surface area (Å²) in [6, 6.07) is 10.0. The Hall–Kier alpha value is -1.90. The second kappa shape index (κ2) is 4.30. The summed E-state index contributed by atoms with van der Waals surface area (Å²) < 4.78 is 0. The number of allylic oxidation sites excluding steroid dienone is 2. The third-order valence-corrected chi connectivity index (χ3v) is 5.03. The highest BCUT2D eigenvalue weighted by Crippen LogP contribution is 2.52. The van der Waals surface area contributed by atoms with Crippen LogP contribution in [0.1, 0.15) is 12.0 Å². The van der Waals surface area contributed by atoms with E-state index >= 15 is 0 Å². The van der Waals surface area contributed by atoms with Gasteiger partial charge >= 0.3 is 0 Å². The molecular weight excluding hydrogens is 250 g/mol. The van der Waals surface area contributed by atoms with Crippen molar-refractivity contribution >= 4 is 11.8 Å². The van der Waals surface area contributed by atoms with Crippen LogP contribution in [0.5, 0.6) is 0 Å². The molecule has 3 heteroatoms. The molecule has 0 aromatic heterocycles. The van der Waals surface area contributed by atoms with Gasteiger partial charge in [0.2, 0.25) is 11.8 Å². The molecule has 2 amide bonds. The third-order valence-electron chi connectivity index (χ3n) is 5.03. The number of imide groups is 1. The van der Waals surface area contributed by atoms with Crippen LogP contribution in [0, 0.1) is 23.7 Å². The van der Waals surface area contributed by atoms with Crippen molar-refractivity contribution in [3.05, 3.63) is 48.0 Å². The topological polar surface area (TPSA) is 37.4 Å². The zero-order valence-electron chi connectivity index (χ0n) is 11.2. The van der Waals surface area contributed by atoms with E-state index in [1.165, 1.54) is 10.5 Å². The highest BCUT2D eigenvalue weighted by atomic mass is 16.2. The summed E-state index contributed by atoms with van der Waals surface area (Å²) >= 11 is 0. The Balaban J connectivity index is 1.51. The van der Waals surface area contributed by atoms with Gasteiger partial charge in [-0.2, -0.15) is 0 Å². The van der Waals surface area contributed by atoms with Crippen molar-refractivity contribution in [2.75, 3.05) is 6.54 Å². The fraction of sp³-hybridized carbons (Fsp3) is 0.412. The minimum atomic E-state index is -0.0618. The minimum Gasteiger partial charge on any atom is -0.282 e. The van der Waals surface area contributed by atoms with Gasteiger partial charge in [0.1, 0.15) is 0 Å². The maximum atomic E-state index is 12.5. The first-order valence-corrected chi connectivity index (χ1v) is 7.33. The van der Waals surface area contributed by atoms with E-state index in [1.807, 2.05) is 30.3 Å². The summed E-state index contributed by atoms with van der Waals surface area (Å²) in [6.07, 6.45) is 6.02. The first-order valence-electron chi connectivity index (χ1n) is 7.33. The number of fused-ring (bicyclic) bond motifs is 5. The van der Waals surface area contributed by atoms with Crippen molar-refractivity contribution in [1.29, 1.82) is 0 Å². The van der Waals surface area contributed by atoms with E-state index in [1.54, 1.807) is 0 Å². The number of carbonyl (C=O) groups is 2. The molecule has 1 saturated carbocycles. The largest absolute Gasteiger partial charge is 0.282 e. The normalized spacial score (nSPS) is 34.1. The lowest BCUT2D eigenvalue weighted by molar-refractivity contribution is -0.140. The van der Waals surface area contributed by atoms with Gasteiger partial charge in [0.25, 0.3) is 0 Å². The van der Waals surface area contributed by atoms with Crippen LogP contribution in [0.4, 0.5) is 0 Å². The molecule has 102 valence electrons. The molecule has 2 aliphatic carbocycles. The summed E-state index contributed by atoms with van der Waals surface area (Å²) in [5.74, 6) is 0.619. The van der Waals surface area contributed by atoms with Crippen LogP contribution in [-0.4, -0.2) is 23.3 Å². The average Bonchev–Trinajstić information content (AvgIpc) is 3.13. The SMILES string of the molecule is O=C1[C@H]2[C@H](C(=O)N1CCc1ccccc1)[C@H]1C=C[C@@H]2C1. The number of hydrogen-bond donors (Lipinski definition) is 0. The predicted molar refractivity (Wildman–Crippen MR) is 74.6 cm³/mol. The van der Waals surface area contributed by atoms with E-state index in [2.05, 4.69) is 12.2 Å². The molecule has 1 aromatic carbocycles. The van der Waals surface area contributed by atoms with Crippen molar-refractivity contribution in [3.8, 4) is 0 Å². The number of carbonyl (C=O) groups excluding carboxylic acids is 2. The maximum Gasteiger partial charge on any atom is 0.233 e. The molecule has 1 aliphatic heterocycles. The molecule has 4 rings (SSSR count). The standard InChI is InChI=1S/C17H17NO2/c19-16-14-12-6-7-13(10-12)15(14)17(20)18(16)9-8-11-4-2-1-3-5-11/h1-7,12-15H,8-10H2/t12-,13+,14-,15-/m1/s1. The van der Waals surface area contributed by atoms with E-state index in [4.69, 9.17) is 0 Å². The smallest absolute Gasteiger partial charge is 0.233 e. The number of rotatable bonds is 3.